The summed E-state index contributed by atoms with van der Waals surface area (Å²) in [6, 6.07) is 7.27. The maximum absolute atomic E-state index is 11.9. The molecule has 0 bridgehead atoms. The van der Waals surface area contributed by atoms with Gasteiger partial charge in [0.2, 0.25) is 0 Å². The van der Waals surface area contributed by atoms with Crippen molar-refractivity contribution in [2.45, 2.75) is 25.2 Å². The number of hydroxylamine groups is 2. The van der Waals surface area contributed by atoms with E-state index in [2.05, 4.69) is 0 Å². The molecule has 0 spiro atoms. The Morgan fingerprint density at radius 3 is 2.35 bits per heavy atom. The summed E-state index contributed by atoms with van der Waals surface area (Å²) in [7, 11) is 0. The summed E-state index contributed by atoms with van der Waals surface area (Å²) in [5.74, 6) is -1.64. The first kappa shape index (κ1) is 13.1. The van der Waals surface area contributed by atoms with Crippen LogP contribution < -0.4 is 0 Å². The van der Waals surface area contributed by atoms with E-state index in [0.29, 0.717) is 16.5 Å². The molecule has 20 heavy (non-hydrogen) atoms. The average Bonchev–Trinajstić information content (AvgIpc) is 3.17. The summed E-state index contributed by atoms with van der Waals surface area (Å²) in [6.07, 6.45) is 0.880. The van der Waals surface area contributed by atoms with Gasteiger partial charge in [-0.05, 0) is 30.0 Å². The number of hydrogen-bond donors (Lipinski definition) is 0. The zero-order chi connectivity index (χ0) is 14.3. The summed E-state index contributed by atoms with van der Waals surface area (Å²) in [5, 5.41) is 1.24. The van der Waals surface area contributed by atoms with Gasteiger partial charge in [-0.2, -0.15) is 0 Å². The Hall–Kier alpha value is -1.88. The van der Waals surface area contributed by atoms with Crippen LogP contribution in [0, 0.1) is 5.92 Å². The van der Waals surface area contributed by atoms with Gasteiger partial charge in [0.1, 0.15) is 0 Å². The van der Waals surface area contributed by atoms with E-state index in [-0.39, 0.29) is 24.7 Å². The molecule has 1 aliphatic heterocycles. The van der Waals surface area contributed by atoms with Gasteiger partial charge in [-0.15, -0.1) is 5.06 Å². The lowest BCUT2D eigenvalue weighted by Crippen LogP contribution is -2.32. The Balaban J connectivity index is 1.61. The highest BCUT2D eigenvalue weighted by molar-refractivity contribution is 6.30. The van der Waals surface area contributed by atoms with Gasteiger partial charge in [-0.3, -0.25) is 9.59 Å². The molecule has 0 N–H and O–H groups in total. The molecule has 1 saturated heterocycles. The second-order valence-electron chi connectivity index (χ2n) is 4.99. The van der Waals surface area contributed by atoms with Gasteiger partial charge in [0.15, 0.2) is 0 Å². The first-order chi connectivity index (χ1) is 9.56. The second kappa shape index (κ2) is 4.90. The lowest BCUT2D eigenvalue weighted by molar-refractivity contribution is -0.198. The zero-order valence-corrected chi connectivity index (χ0v) is 11.3. The van der Waals surface area contributed by atoms with Crippen LogP contribution in [0.5, 0.6) is 0 Å². The standard InChI is InChI=1S/C14H12ClNO4/c15-9-3-1-8(2-4-9)10-7-11(10)14(19)20-16-12(17)5-6-13(16)18/h1-4,10-11H,5-7H2/t10-,11+/m1/s1. The molecular formula is C14H12ClNO4. The summed E-state index contributed by atoms with van der Waals surface area (Å²) < 4.78 is 0. The van der Waals surface area contributed by atoms with E-state index in [1.54, 1.807) is 12.1 Å². The van der Waals surface area contributed by atoms with Gasteiger partial charge in [0.05, 0.1) is 5.92 Å². The molecule has 2 amide bonds. The summed E-state index contributed by atoms with van der Waals surface area (Å²) in [6.45, 7) is 0. The van der Waals surface area contributed by atoms with Crippen molar-refractivity contribution in [2.24, 2.45) is 5.92 Å². The van der Waals surface area contributed by atoms with E-state index >= 15 is 0 Å². The van der Waals surface area contributed by atoms with Gasteiger partial charge >= 0.3 is 5.97 Å². The molecule has 1 heterocycles. The molecule has 0 unspecified atom stereocenters. The van der Waals surface area contributed by atoms with Crippen molar-refractivity contribution in [3.63, 3.8) is 0 Å². The van der Waals surface area contributed by atoms with E-state index < -0.39 is 17.8 Å². The number of benzene rings is 1. The fourth-order valence-electron chi connectivity index (χ4n) is 2.35. The Morgan fingerprint density at radius 2 is 1.75 bits per heavy atom. The molecule has 1 aromatic carbocycles. The first-order valence-electron chi connectivity index (χ1n) is 6.39. The molecule has 1 aromatic rings. The van der Waals surface area contributed by atoms with E-state index in [4.69, 9.17) is 16.4 Å². The summed E-state index contributed by atoms with van der Waals surface area (Å²) >= 11 is 5.81. The van der Waals surface area contributed by atoms with Crippen LogP contribution in [0.15, 0.2) is 24.3 Å². The van der Waals surface area contributed by atoms with Gasteiger partial charge in [0.25, 0.3) is 11.8 Å². The molecule has 104 valence electrons. The third-order valence-corrected chi connectivity index (χ3v) is 3.83. The fraction of sp³-hybridized carbons (Fsp3) is 0.357. The summed E-state index contributed by atoms with van der Waals surface area (Å²) in [4.78, 5) is 39.5. The van der Waals surface area contributed by atoms with Crippen molar-refractivity contribution in [3.05, 3.63) is 34.9 Å². The monoisotopic (exact) mass is 293 g/mol. The quantitative estimate of drug-likeness (QED) is 0.800. The van der Waals surface area contributed by atoms with Crippen molar-refractivity contribution in [1.29, 1.82) is 0 Å². The maximum Gasteiger partial charge on any atom is 0.336 e. The van der Waals surface area contributed by atoms with Crippen molar-refractivity contribution >= 4 is 29.4 Å². The molecule has 6 heteroatoms. The minimum atomic E-state index is -0.520. The number of carbonyl (C=O) groups excluding carboxylic acids is 3. The molecule has 2 fully saturated rings. The molecule has 0 radical (unpaired) electrons. The van der Waals surface area contributed by atoms with Crippen LogP contribution in [0.2, 0.25) is 5.02 Å². The first-order valence-corrected chi connectivity index (χ1v) is 6.77. The molecule has 3 rings (SSSR count). The van der Waals surface area contributed by atoms with Crippen molar-refractivity contribution < 1.29 is 19.2 Å². The van der Waals surface area contributed by atoms with E-state index in [9.17, 15) is 14.4 Å². The largest absolute Gasteiger partial charge is 0.336 e. The lowest BCUT2D eigenvalue weighted by Gasteiger charge is -2.12. The smallest absolute Gasteiger partial charge is 0.330 e. The van der Waals surface area contributed by atoms with E-state index in [0.717, 1.165) is 5.56 Å². The number of imide groups is 1. The van der Waals surface area contributed by atoms with Crippen LogP contribution in [0.1, 0.15) is 30.7 Å². The average molecular weight is 294 g/mol. The topological polar surface area (TPSA) is 63.7 Å². The second-order valence-corrected chi connectivity index (χ2v) is 5.43. The number of carbonyl (C=O) groups is 3. The predicted octanol–water partition coefficient (Wildman–Crippen LogP) is 2.05. The number of hydrogen-bond acceptors (Lipinski definition) is 4. The Bertz CT molecular complexity index is 567. The third kappa shape index (κ3) is 2.41. The molecule has 1 saturated carbocycles. The molecular weight excluding hydrogens is 282 g/mol. The molecule has 0 aromatic heterocycles. The zero-order valence-electron chi connectivity index (χ0n) is 10.5. The van der Waals surface area contributed by atoms with Crippen LogP contribution in [-0.2, 0) is 19.2 Å². The third-order valence-electron chi connectivity index (χ3n) is 3.58. The van der Waals surface area contributed by atoms with Crippen LogP contribution in [0.25, 0.3) is 0 Å². The van der Waals surface area contributed by atoms with Gasteiger partial charge in [0, 0.05) is 17.9 Å². The van der Waals surface area contributed by atoms with Crippen LogP contribution >= 0.6 is 11.6 Å². The van der Waals surface area contributed by atoms with Crippen LogP contribution in [0.4, 0.5) is 0 Å². The summed E-state index contributed by atoms with van der Waals surface area (Å²) in [5.41, 5.74) is 1.01. The highest BCUT2D eigenvalue weighted by Gasteiger charge is 2.47. The lowest BCUT2D eigenvalue weighted by atomic mass is 10.1. The Labute approximate surface area is 120 Å². The number of nitrogens with zero attached hydrogens (tertiary/aromatic N) is 1. The van der Waals surface area contributed by atoms with Crippen LogP contribution in [0.3, 0.4) is 0 Å². The molecule has 5 nitrogen and oxygen atoms in total. The molecule has 2 aliphatic rings. The minimum absolute atomic E-state index is 0.0765. The number of amides is 2. The van der Waals surface area contributed by atoms with Crippen molar-refractivity contribution in [1.82, 2.24) is 5.06 Å². The highest BCUT2D eigenvalue weighted by Crippen LogP contribution is 2.48. The Kier molecular flexibility index (Phi) is 3.22. The number of halogens is 1. The van der Waals surface area contributed by atoms with E-state index in [1.165, 1.54) is 0 Å². The predicted molar refractivity (Wildman–Crippen MR) is 69.5 cm³/mol. The van der Waals surface area contributed by atoms with E-state index in [1.807, 2.05) is 12.1 Å². The number of rotatable bonds is 3. The maximum atomic E-state index is 11.9. The molecule has 2 atom stereocenters. The van der Waals surface area contributed by atoms with Crippen molar-refractivity contribution in [2.75, 3.05) is 0 Å². The van der Waals surface area contributed by atoms with Gasteiger partial charge in [-0.1, -0.05) is 23.7 Å². The SMILES string of the molecule is O=C(ON1C(=O)CCC1=O)[C@H]1C[C@@H]1c1ccc(Cl)cc1. The Morgan fingerprint density at radius 1 is 1.15 bits per heavy atom. The van der Waals surface area contributed by atoms with Gasteiger partial charge in [-0.25, -0.2) is 4.79 Å². The minimum Gasteiger partial charge on any atom is -0.330 e. The normalized spacial score (nSPS) is 24.9. The van der Waals surface area contributed by atoms with Crippen LogP contribution in [-0.4, -0.2) is 22.8 Å². The van der Waals surface area contributed by atoms with Gasteiger partial charge < -0.3 is 4.84 Å². The fourth-order valence-corrected chi connectivity index (χ4v) is 2.48. The highest BCUT2D eigenvalue weighted by atomic mass is 35.5. The van der Waals surface area contributed by atoms with Crippen molar-refractivity contribution in [3.8, 4) is 0 Å². The molecule has 1 aliphatic carbocycles.